The lowest BCUT2D eigenvalue weighted by atomic mass is 10.1. The number of amides is 1. The Hall–Kier alpha value is -2.88. The molecule has 0 bridgehead atoms. The molecule has 0 saturated carbocycles. The van der Waals surface area contributed by atoms with Gasteiger partial charge in [0, 0.05) is 13.1 Å². The van der Waals surface area contributed by atoms with Gasteiger partial charge in [0.25, 0.3) is 5.91 Å². The van der Waals surface area contributed by atoms with E-state index in [9.17, 15) is 9.59 Å². The number of benzene rings is 2. The first-order chi connectivity index (χ1) is 11.5. The largest absolute Gasteiger partial charge is 0.451 e. The van der Waals surface area contributed by atoms with Gasteiger partial charge in [-0.15, -0.1) is 0 Å². The van der Waals surface area contributed by atoms with Crippen LogP contribution in [0.1, 0.15) is 34.6 Å². The number of hydrogen-bond donors (Lipinski definition) is 0. The van der Waals surface area contributed by atoms with Crippen molar-refractivity contribution in [1.29, 1.82) is 0 Å². The minimum absolute atomic E-state index is 0.0557. The van der Waals surface area contributed by atoms with Crippen molar-refractivity contribution in [1.82, 2.24) is 4.90 Å². The third-order valence-electron chi connectivity index (χ3n) is 4.31. The van der Waals surface area contributed by atoms with Crippen molar-refractivity contribution >= 4 is 16.9 Å². The predicted molar refractivity (Wildman–Crippen MR) is 94.2 cm³/mol. The Balaban J connectivity index is 1.93. The van der Waals surface area contributed by atoms with E-state index in [2.05, 4.69) is 0 Å². The van der Waals surface area contributed by atoms with Crippen molar-refractivity contribution < 1.29 is 9.21 Å². The first-order valence-corrected chi connectivity index (χ1v) is 7.84. The molecule has 0 aliphatic heterocycles. The van der Waals surface area contributed by atoms with Crippen LogP contribution in [0.2, 0.25) is 0 Å². The fraction of sp³-hybridized carbons (Fsp3) is 0.200. The van der Waals surface area contributed by atoms with Gasteiger partial charge in [0.05, 0.1) is 11.4 Å². The molecule has 4 nitrogen and oxygen atoms in total. The lowest BCUT2D eigenvalue weighted by Crippen LogP contribution is -2.30. The second kappa shape index (κ2) is 6.32. The molecule has 1 atom stereocenters. The summed E-state index contributed by atoms with van der Waals surface area (Å²) in [6, 6.07) is 16.1. The molecule has 0 fully saturated rings. The Morgan fingerprint density at radius 3 is 2.46 bits per heavy atom. The molecule has 3 aromatic rings. The fourth-order valence-corrected chi connectivity index (χ4v) is 2.63. The number of carbonyl (C=O) groups is 1. The maximum Gasteiger partial charge on any atom is 0.289 e. The summed E-state index contributed by atoms with van der Waals surface area (Å²) in [7, 11) is 1.71. The maximum absolute atomic E-state index is 12.7. The number of aryl methyl sites for hydroxylation is 1. The van der Waals surface area contributed by atoms with Crippen LogP contribution in [-0.2, 0) is 0 Å². The molecule has 0 spiro atoms. The van der Waals surface area contributed by atoms with Crippen LogP contribution in [0.5, 0.6) is 0 Å². The number of nitrogens with zero attached hydrogens (tertiary/aromatic N) is 1. The van der Waals surface area contributed by atoms with Crippen LogP contribution >= 0.6 is 0 Å². The zero-order valence-corrected chi connectivity index (χ0v) is 13.9. The highest BCUT2D eigenvalue weighted by atomic mass is 16.3. The zero-order valence-electron chi connectivity index (χ0n) is 13.9. The molecule has 0 N–H and O–H groups in total. The zero-order chi connectivity index (χ0) is 17.3. The monoisotopic (exact) mass is 321 g/mol. The molecule has 0 radical (unpaired) electrons. The third kappa shape index (κ3) is 2.95. The molecule has 122 valence electrons. The highest BCUT2D eigenvalue weighted by Crippen LogP contribution is 2.22. The first-order valence-electron chi connectivity index (χ1n) is 7.84. The van der Waals surface area contributed by atoms with Crippen LogP contribution < -0.4 is 5.43 Å². The Bertz CT molecular complexity index is 941. The Kier molecular flexibility index (Phi) is 4.21. The summed E-state index contributed by atoms with van der Waals surface area (Å²) < 4.78 is 5.64. The number of hydrogen-bond acceptors (Lipinski definition) is 3. The molecule has 1 unspecified atom stereocenters. The van der Waals surface area contributed by atoms with Crippen molar-refractivity contribution in [2.45, 2.75) is 19.9 Å². The Morgan fingerprint density at radius 2 is 1.75 bits per heavy atom. The molecule has 0 aliphatic rings. The van der Waals surface area contributed by atoms with Gasteiger partial charge in [0.15, 0.2) is 11.2 Å². The summed E-state index contributed by atoms with van der Waals surface area (Å²) >= 11 is 0. The van der Waals surface area contributed by atoms with Crippen LogP contribution in [-0.4, -0.2) is 17.9 Å². The topological polar surface area (TPSA) is 50.5 Å². The molecule has 1 aromatic heterocycles. The van der Waals surface area contributed by atoms with E-state index in [-0.39, 0.29) is 23.1 Å². The molecule has 1 heterocycles. The van der Waals surface area contributed by atoms with Gasteiger partial charge in [0.2, 0.25) is 0 Å². The van der Waals surface area contributed by atoms with Gasteiger partial charge < -0.3 is 9.32 Å². The highest BCUT2D eigenvalue weighted by Gasteiger charge is 2.21. The van der Waals surface area contributed by atoms with Gasteiger partial charge in [-0.2, -0.15) is 0 Å². The van der Waals surface area contributed by atoms with Gasteiger partial charge in [0.1, 0.15) is 5.58 Å². The molecule has 2 aromatic carbocycles. The average Bonchev–Trinajstić information content (AvgIpc) is 2.60. The Morgan fingerprint density at radius 1 is 1.08 bits per heavy atom. The van der Waals surface area contributed by atoms with Crippen molar-refractivity contribution in [3.63, 3.8) is 0 Å². The quantitative estimate of drug-likeness (QED) is 0.734. The van der Waals surface area contributed by atoms with Crippen molar-refractivity contribution in [2.24, 2.45) is 0 Å². The Labute approximate surface area is 140 Å². The van der Waals surface area contributed by atoms with Gasteiger partial charge in [-0.05, 0) is 31.5 Å². The van der Waals surface area contributed by atoms with Crippen molar-refractivity contribution in [3.8, 4) is 0 Å². The van der Waals surface area contributed by atoms with Crippen molar-refractivity contribution in [3.05, 3.63) is 81.7 Å². The van der Waals surface area contributed by atoms with Crippen LogP contribution in [0.25, 0.3) is 11.0 Å². The summed E-state index contributed by atoms with van der Waals surface area (Å²) in [6.45, 7) is 3.97. The molecule has 0 aliphatic carbocycles. The third-order valence-corrected chi connectivity index (χ3v) is 4.31. The molecule has 0 saturated heterocycles. The summed E-state index contributed by atoms with van der Waals surface area (Å²) in [5.74, 6) is -0.258. The van der Waals surface area contributed by atoms with Crippen molar-refractivity contribution in [2.75, 3.05) is 7.05 Å². The standard InChI is InChI=1S/C20H19NO3/c1-13-8-10-15(11-9-13)14(2)21(3)20(23)19-12-17(22)16-6-4-5-7-18(16)24-19/h4-12,14H,1-3H3. The van der Waals surface area contributed by atoms with E-state index in [4.69, 9.17) is 4.42 Å². The van der Waals surface area contributed by atoms with E-state index in [1.807, 2.05) is 38.1 Å². The van der Waals surface area contributed by atoms with E-state index < -0.39 is 0 Å². The van der Waals surface area contributed by atoms with E-state index in [1.54, 1.807) is 36.2 Å². The highest BCUT2D eigenvalue weighted by molar-refractivity contribution is 5.93. The molecule has 1 amide bonds. The molecule has 24 heavy (non-hydrogen) atoms. The maximum atomic E-state index is 12.7. The minimum Gasteiger partial charge on any atom is -0.451 e. The number of carbonyl (C=O) groups excluding carboxylic acids is 1. The number of fused-ring (bicyclic) bond motifs is 1. The summed E-state index contributed by atoms with van der Waals surface area (Å²) in [5.41, 5.74) is 2.40. The van der Waals surface area contributed by atoms with E-state index >= 15 is 0 Å². The van der Waals surface area contributed by atoms with Gasteiger partial charge in [-0.1, -0.05) is 42.0 Å². The lowest BCUT2D eigenvalue weighted by Gasteiger charge is -2.25. The second-order valence-electron chi connectivity index (χ2n) is 5.97. The van der Waals surface area contributed by atoms with Gasteiger partial charge in [-0.3, -0.25) is 9.59 Å². The predicted octanol–water partition coefficient (Wildman–Crippen LogP) is 3.93. The fourth-order valence-electron chi connectivity index (χ4n) is 2.63. The minimum atomic E-state index is -0.314. The molecular formula is C20H19NO3. The summed E-state index contributed by atoms with van der Waals surface area (Å²) in [5, 5.41) is 0.475. The summed E-state index contributed by atoms with van der Waals surface area (Å²) in [6.07, 6.45) is 0. The van der Waals surface area contributed by atoms with Crippen LogP contribution in [0.3, 0.4) is 0 Å². The number of para-hydroxylation sites is 1. The van der Waals surface area contributed by atoms with Gasteiger partial charge >= 0.3 is 0 Å². The molecule has 3 rings (SSSR count). The molecular weight excluding hydrogens is 302 g/mol. The second-order valence-corrected chi connectivity index (χ2v) is 5.97. The normalized spacial score (nSPS) is 12.1. The van der Waals surface area contributed by atoms with E-state index in [0.717, 1.165) is 5.56 Å². The lowest BCUT2D eigenvalue weighted by molar-refractivity contribution is 0.0711. The SMILES string of the molecule is Cc1ccc(C(C)N(C)C(=O)c2cc(=O)c3ccccc3o2)cc1. The van der Waals surface area contributed by atoms with E-state index in [1.165, 1.54) is 11.6 Å². The smallest absolute Gasteiger partial charge is 0.289 e. The van der Waals surface area contributed by atoms with E-state index in [0.29, 0.717) is 11.0 Å². The van der Waals surface area contributed by atoms with Crippen LogP contribution in [0.4, 0.5) is 0 Å². The average molecular weight is 321 g/mol. The van der Waals surface area contributed by atoms with Gasteiger partial charge in [-0.25, -0.2) is 0 Å². The first kappa shape index (κ1) is 16.0. The van der Waals surface area contributed by atoms with Crippen LogP contribution in [0, 0.1) is 6.92 Å². The molecule has 4 heteroatoms. The summed E-state index contributed by atoms with van der Waals surface area (Å²) in [4.78, 5) is 26.5. The number of rotatable bonds is 3. The van der Waals surface area contributed by atoms with Crippen LogP contribution in [0.15, 0.2) is 63.8 Å².